The Labute approximate surface area is 152 Å². The number of carbonyl (C=O) groups is 3. The fraction of sp³-hybridized carbons (Fsp3) is 0.353. The van der Waals surface area contributed by atoms with Crippen molar-refractivity contribution in [2.45, 2.75) is 25.7 Å². The number of imide groups is 1. The summed E-state index contributed by atoms with van der Waals surface area (Å²) in [4.78, 5) is 47.8. The van der Waals surface area contributed by atoms with E-state index in [-0.39, 0.29) is 11.1 Å². The van der Waals surface area contributed by atoms with Gasteiger partial charge in [0.1, 0.15) is 5.69 Å². The van der Waals surface area contributed by atoms with Crippen LogP contribution in [-0.2, 0) is 19.1 Å². The molecule has 0 fully saturated rings. The largest absolute Gasteiger partial charge is 0.473 e. The lowest BCUT2D eigenvalue weighted by Crippen LogP contribution is -2.33. The Morgan fingerprint density at radius 2 is 1.81 bits per heavy atom. The summed E-state index contributed by atoms with van der Waals surface area (Å²) >= 11 is 0. The molecule has 0 bridgehead atoms. The van der Waals surface area contributed by atoms with Crippen LogP contribution in [0.1, 0.15) is 25.7 Å². The number of amides is 2. The number of nitro groups is 1. The van der Waals surface area contributed by atoms with Gasteiger partial charge in [0.25, 0.3) is 11.8 Å². The Morgan fingerprint density at radius 1 is 1.22 bits per heavy atom. The van der Waals surface area contributed by atoms with Crippen molar-refractivity contribution in [1.82, 2.24) is 0 Å². The Balaban J connectivity index is 2.10. The number of ether oxygens (including phenoxy) is 2. The van der Waals surface area contributed by atoms with Crippen molar-refractivity contribution in [1.29, 1.82) is 0 Å². The zero-order valence-corrected chi connectivity index (χ0v) is 14.3. The molecule has 10 heteroatoms. The van der Waals surface area contributed by atoms with Crippen LogP contribution in [0, 0.1) is 15.9 Å². The molecule has 1 aliphatic heterocycles. The topological polar surface area (TPSA) is 116 Å². The third-order valence-corrected chi connectivity index (χ3v) is 4.43. The number of carbonyl (C=O) groups excluding carboxylic acids is 3. The molecule has 1 aromatic rings. The Morgan fingerprint density at radius 3 is 2.33 bits per heavy atom. The van der Waals surface area contributed by atoms with Crippen LogP contribution in [0.15, 0.2) is 23.3 Å². The maximum Gasteiger partial charge on any atom is 0.343 e. The smallest absolute Gasteiger partial charge is 0.343 e. The lowest BCUT2D eigenvalue weighted by Gasteiger charge is -2.19. The molecule has 2 amide bonds. The van der Waals surface area contributed by atoms with Crippen molar-refractivity contribution in [3.05, 3.63) is 39.2 Å². The van der Waals surface area contributed by atoms with Crippen LogP contribution in [0.25, 0.3) is 0 Å². The van der Waals surface area contributed by atoms with Gasteiger partial charge in [0.15, 0.2) is 12.4 Å². The first-order valence-electron chi connectivity index (χ1n) is 8.14. The van der Waals surface area contributed by atoms with E-state index in [2.05, 4.69) is 4.74 Å². The number of methoxy groups -OCH3 is 1. The summed E-state index contributed by atoms with van der Waals surface area (Å²) in [6.07, 6.45) is 2.19. The Bertz CT molecular complexity index is 866. The minimum atomic E-state index is -1.05. The van der Waals surface area contributed by atoms with E-state index in [4.69, 9.17) is 4.74 Å². The first-order valence-corrected chi connectivity index (χ1v) is 8.14. The summed E-state index contributed by atoms with van der Waals surface area (Å²) < 4.78 is 24.1. The van der Waals surface area contributed by atoms with E-state index in [1.807, 2.05) is 0 Å². The van der Waals surface area contributed by atoms with E-state index in [9.17, 15) is 28.9 Å². The van der Waals surface area contributed by atoms with E-state index in [1.54, 1.807) is 0 Å². The standard InChI is InChI=1S/C17H15FN2O7/c1-26-13(21)8-27-15-12(20(24)25)7-6-11(18)14(15)19-16(22)9-4-2-3-5-10(9)17(19)23/h6-7H,2-5,8H2,1H3. The summed E-state index contributed by atoms with van der Waals surface area (Å²) in [5.74, 6) is -4.04. The summed E-state index contributed by atoms with van der Waals surface area (Å²) in [6, 6.07) is 1.61. The number of halogens is 1. The Hall–Kier alpha value is -3.30. The zero-order valence-electron chi connectivity index (χ0n) is 14.3. The number of anilines is 1. The highest BCUT2D eigenvalue weighted by atomic mass is 19.1. The van der Waals surface area contributed by atoms with Crippen LogP contribution in [0.4, 0.5) is 15.8 Å². The number of esters is 1. The second-order valence-electron chi connectivity index (χ2n) is 5.98. The van der Waals surface area contributed by atoms with E-state index >= 15 is 0 Å². The fourth-order valence-corrected chi connectivity index (χ4v) is 3.16. The van der Waals surface area contributed by atoms with Gasteiger partial charge in [-0.25, -0.2) is 14.1 Å². The van der Waals surface area contributed by atoms with E-state index in [1.165, 1.54) is 0 Å². The van der Waals surface area contributed by atoms with Crippen LogP contribution in [0.5, 0.6) is 5.75 Å². The maximum atomic E-state index is 14.6. The van der Waals surface area contributed by atoms with Crippen molar-refractivity contribution in [3.8, 4) is 5.75 Å². The maximum absolute atomic E-state index is 14.6. The molecule has 0 N–H and O–H groups in total. The van der Waals surface area contributed by atoms with Crippen LogP contribution < -0.4 is 9.64 Å². The van der Waals surface area contributed by atoms with Gasteiger partial charge in [0, 0.05) is 17.2 Å². The molecule has 3 rings (SSSR count). The number of nitro benzene ring substituents is 1. The number of benzene rings is 1. The van der Waals surface area contributed by atoms with Crippen molar-refractivity contribution >= 4 is 29.2 Å². The zero-order chi connectivity index (χ0) is 19.7. The van der Waals surface area contributed by atoms with E-state index in [0.717, 1.165) is 32.1 Å². The highest BCUT2D eigenvalue weighted by Gasteiger charge is 2.43. The lowest BCUT2D eigenvalue weighted by molar-refractivity contribution is -0.385. The van der Waals surface area contributed by atoms with Gasteiger partial charge in [-0.15, -0.1) is 0 Å². The van der Waals surface area contributed by atoms with Gasteiger partial charge in [0.05, 0.1) is 12.0 Å². The average molecular weight is 378 g/mol. The molecular weight excluding hydrogens is 363 g/mol. The third kappa shape index (κ3) is 3.14. The summed E-state index contributed by atoms with van der Waals surface area (Å²) in [5.41, 5.74) is -0.773. The number of hydrogen-bond donors (Lipinski definition) is 0. The molecule has 1 aliphatic carbocycles. The van der Waals surface area contributed by atoms with Gasteiger partial charge in [-0.05, 0) is 31.7 Å². The van der Waals surface area contributed by atoms with Crippen molar-refractivity contribution < 1.29 is 33.2 Å². The van der Waals surface area contributed by atoms with Crippen LogP contribution in [0.2, 0.25) is 0 Å². The second kappa shape index (κ2) is 7.14. The summed E-state index contributed by atoms with van der Waals surface area (Å²) in [6.45, 7) is -0.753. The molecule has 0 unspecified atom stereocenters. The molecule has 142 valence electrons. The second-order valence-corrected chi connectivity index (χ2v) is 5.98. The molecular formula is C17H15FN2O7. The lowest BCUT2D eigenvalue weighted by atomic mass is 9.93. The molecule has 0 radical (unpaired) electrons. The van der Waals surface area contributed by atoms with Crippen molar-refractivity contribution in [2.24, 2.45) is 0 Å². The molecule has 27 heavy (non-hydrogen) atoms. The van der Waals surface area contributed by atoms with Crippen LogP contribution >= 0.6 is 0 Å². The fourth-order valence-electron chi connectivity index (χ4n) is 3.16. The normalized spacial score (nSPS) is 16.4. The van der Waals surface area contributed by atoms with Gasteiger partial charge in [0.2, 0.25) is 5.75 Å². The molecule has 2 aliphatic rings. The molecule has 0 saturated carbocycles. The molecule has 1 aromatic carbocycles. The molecule has 0 saturated heterocycles. The van der Waals surface area contributed by atoms with Crippen LogP contribution in [-0.4, -0.2) is 36.4 Å². The van der Waals surface area contributed by atoms with Gasteiger partial charge >= 0.3 is 11.7 Å². The van der Waals surface area contributed by atoms with Crippen molar-refractivity contribution in [3.63, 3.8) is 0 Å². The first-order chi connectivity index (χ1) is 12.9. The van der Waals surface area contributed by atoms with Gasteiger partial charge in [-0.1, -0.05) is 0 Å². The molecule has 0 aromatic heterocycles. The monoisotopic (exact) mass is 378 g/mol. The van der Waals surface area contributed by atoms with Crippen molar-refractivity contribution in [2.75, 3.05) is 18.6 Å². The number of rotatable bonds is 5. The number of hydrogen-bond acceptors (Lipinski definition) is 7. The summed E-state index contributed by atoms with van der Waals surface area (Å²) in [7, 11) is 1.08. The minimum Gasteiger partial charge on any atom is -0.473 e. The Kier molecular flexibility index (Phi) is 4.89. The molecule has 9 nitrogen and oxygen atoms in total. The number of nitrogens with zero attached hydrogens (tertiary/aromatic N) is 2. The quantitative estimate of drug-likeness (QED) is 0.333. The van der Waals surface area contributed by atoms with Crippen LogP contribution in [0.3, 0.4) is 0 Å². The van der Waals surface area contributed by atoms with Gasteiger partial charge in [-0.2, -0.15) is 0 Å². The minimum absolute atomic E-state index is 0.288. The van der Waals surface area contributed by atoms with Gasteiger partial charge in [-0.3, -0.25) is 19.7 Å². The van der Waals surface area contributed by atoms with E-state index < -0.39 is 52.3 Å². The van der Waals surface area contributed by atoms with E-state index in [0.29, 0.717) is 17.7 Å². The van der Waals surface area contributed by atoms with Gasteiger partial charge < -0.3 is 9.47 Å². The summed E-state index contributed by atoms with van der Waals surface area (Å²) in [5, 5.41) is 11.3. The molecule has 0 atom stereocenters. The highest BCUT2D eigenvalue weighted by molar-refractivity contribution is 6.33. The predicted octanol–water partition coefficient (Wildman–Crippen LogP) is 2.03. The highest BCUT2D eigenvalue weighted by Crippen LogP contribution is 2.44. The molecule has 1 heterocycles. The first kappa shape index (κ1) is 18.5. The SMILES string of the molecule is COC(=O)COc1c([N+](=O)[O-])ccc(F)c1N1C(=O)C2=C(CCCC2)C1=O. The molecule has 0 spiro atoms. The average Bonchev–Trinajstić information content (AvgIpc) is 2.90. The predicted molar refractivity (Wildman–Crippen MR) is 88.6 cm³/mol. The third-order valence-electron chi connectivity index (χ3n) is 4.43.